The Morgan fingerprint density at radius 2 is 0.892 bits per heavy atom. The van der Waals surface area contributed by atoms with Crippen LogP contribution in [0.2, 0.25) is 43.5 Å². The Morgan fingerprint density at radius 1 is 0.541 bits per heavy atom. The van der Waals surface area contributed by atoms with Crippen molar-refractivity contribution in [2.45, 2.75) is 149 Å². The summed E-state index contributed by atoms with van der Waals surface area (Å²) in [5, 5.41) is 0.471. The molecule has 2 nitrogen and oxygen atoms in total. The first-order valence-electron chi connectivity index (χ1n) is 15.2. The van der Waals surface area contributed by atoms with E-state index in [0.717, 1.165) is 0 Å². The maximum absolute atomic E-state index is 7.40. The van der Waals surface area contributed by atoms with Gasteiger partial charge in [0.25, 0.3) is 0 Å². The van der Waals surface area contributed by atoms with Gasteiger partial charge in [0.15, 0.2) is 0 Å². The zero-order valence-electron chi connectivity index (χ0n) is 25.5. The van der Waals surface area contributed by atoms with Gasteiger partial charge in [0.2, 0.25) is 0 Å². The van der Waals surface area contributed by atoms with Crippen LogP contribution in [-0.2, 0) is 32.1 Å². The Hall–Kier alpha value is -0.123. The van der Waals surface area contributed by atoms with E-state index in [9.17, 15) is 0 Å². The summed E-state index contributed by atoms with van der Waals surface area (Å²) < 4.78 is 16.1. The van der Waals surface area contributed by atoms with Crippen LogP contribution in [0.3, 0.4) is 0 Å². The van der Waals surface area contributed by atoms with E-state index in [2.05, 4.69) is 67.7 Å². The molecule has 4 bridgehead atoms. The van der Waals surface area contributed by atoms with E-state index < -0.39 is 39.9 Å². The molecule has 1 aliphatic heterocycles. The SMILES string of the molecule is CC(C)(C)[Si](C)(C)OC1=C2CCC3=C(O[Si](C)(C)C(C)(C)C)[CH]([Zr][CH]1C1=C2CCCC1)C1=C3CCCC1. The summed E-state index contributed by atoms with van der Waals surface area (Å²) in [5.41, 5.74) is 10.5. The van der Waals surface area contributed by atoms with Crippen LogP contribution >= 0.6 is 0 Å². The molecule has 0 saturated heterocycles. The Morgan fingerprint density at radius 3 is 1.24 bits per heavy atom. The van der Waals surface area contributed by atoms with Gasteiger partial charge in [-0.25, -0.2) is 0 Å². The topological polar surface area (TPSA) is 18.5 Å². The van der Waals surface area contributed by atoms with Gasteiger partial charge in [-0.15, -0.1) is 0 Å². The molecule has 4 aliphatic carbocycles. The minimum atomic E-state index is -1.90. The van der Waals surface area contributed by atoms with Crippen molar-refractivity contribution in [2.24, 2.45) is 0 Å². The second-order valence-electron chi connectivity index (χ2n) is 15.4. The van der Waals surface area contributed by atoms with Gasteiger partial charge >= 0.3 is 243 Å². The third kappa shape index (κ3) is 4.99. The van der Waals surface area contributed by atoms with Crippen LogP contribution in [0.5, 0.6) is 0 Å². The molecular formula is C32H52O2Si2Zr. The van der Waals surface area contributed by atoms with Crippen molar-refractivity contribution in [3.05, 3.63) is 45.0 Å². The average molecular weight is 616 g/mol. The molecule has 0 radical (unpaired) electrons. The van der Waals surface area contributed by atoms with E-state index in [1.54, 1.807) is 22.3 Å². The molecule has 0 aromatic heterocycles. The molecule has 204 valence electrons. The molecule has 5 aliphatic rings. The molecule has 0 fully saturated rings. The molecule has 1 heterocycles. The van der Waals surface area contributed by atoms with Crippen molar-refractivity contribution in [3.8, 4) is 0 Å². The third-order valence-corrected chi connectivity index (χ3v) is 24.2. The monoisotopic (exact) mass is 614 g/mol. The van der Waals surface area contributed by atoms with Crippen LogP contribution in [-0.4, -0.2) is 16.6 Å². The number of hydrogen-bond acceptors (Lipinski definition) is 2. The van der Waals surface area contributed by atoms with Crippen LogP contribution < -0.4 is 0 Å². The summed E-state index contributed by atoms with van der Waals surface area (Å²) in [4.78, 5) is 0. The molecule has 5 heteroatoms. The summed E-state index contributed by atoms with van der Waals surface area (Å²) >= 11 is -0.935. The molecule has 0 amide bonds. The normalized spacial score (nSPS) is 27.0. The van der Waals surface area contributed by atoms with Gasteiger partial charge in [-0.2, -0.15) is 0 Å². The fraction of sp³-hybridized carbons (Fsp3) is 0.750. The molecular weight excluding hydrogens is 564 g/mol. The standard InChI is InChI=1S/C32H52O2Si2.Zr/c1-31(2,3)35(7,8)33-29-21-23-15-11-13-17-25(23)27(29)19-20-28-26-18-14-12-16-24(26)22-30(28)34-36(9,10)32(4,5)6;/h21-22H,11-20H2,1-10H3;. The van der Waals surface area contributed by atoms with Crippen molar-refractivity contribution < 1.29 is 32.1 Å². The first kappa shape index (κ1) is 28.4. The Kier molecular flexibility index (Phi) is 7.49. The number of hydrogen-bond donors (Lipinski definition) is 0. The quantitative estimate of drug-likeness (QED) is 0.293. The number of allylic oxidation sites excluding steroid dienone is 6. The third-order valence-electron chi connectivity index (χ3n) is 10.9. The van der Waals surface area contributed by atoms with Crippen molar-refractivity contribution in [1.29, 1.82) is 0 Å². The fourth-order valence-corrected chi connectivity index (χ4v) is 14.6. The Balaban J connectivity index is 1.59. The maximum atomic E-state index is 7.40. The van der Waals surface area contributed by atoms with Crippen molar-refractivity contribution >= 4 is 16.6 Å². The van der Waals surface area contributed by atoms with Gasteiger partial charge in [0.1, 0.15) is 0 Å². The van der Waals surface area contributed by atoms with E-state index in [0.29, 0.717) is 7.25 Å². The molecule has 0 N–H and O–H groups in total. The van der Waals surface area contributed by atoms with Crippen LogP contribution in [0, 0.1) is 0 Å². The van der Waals surface area contributed by atoms with E-state index in [1.165, 1.54) is 75.7 Å². The summed E-state index contributed by atoms with van der Waals surface area (Å²) in [5.74, 6) is 2.98. The van der Waals surface area contributed by atoms with E-state index in [1.807, 2.05) is 11.1 Å². The van der Waals surface area contributed by atoms with Gasteiger partial charge in [-0.1, -0.05) is 0 Å². The Bertz CT molecular complexity index is 1000. The van der Waals surface area contributed by atoms with Gasteiger partial charge in [-0.3, -0.25) is 0 Å². The second kappa shape index (κ2) is 9.76. The number of fused-ring (bicyclic) bond motifs is 6. The van der Waals surface area contributed by atoms with Gasteiger partial charge in [0, 0.05) is 0 Å². The van der Waals surface area contributed by atoms with Crippen molar-refractivity contribution in [1.82, 2.24) is 0 Å². The molecule has 0 saturated carbocycles. The first-order valence-corrected chi connectivity index (χ1v) is 23.8. The van der Waals surface area contributed by atoms with Gasteiger partial charge in [0.05, 0.1) is 0 Å². The van der Waals surface area contributed by atoms with Crippen molar-refractivity contribution in [2.75, 3.05) is 0 Å². The Labute approximate surface area is 241 Å². The molecule has 2 atom stereocenters. The van der Waals surface area contributed by atoms with Crippen molar-refractivity contribution in [3.63, 3.8) is 0 Å². The number of rotatable bonds is 4. The van der Waals surface area contributed by atoms with Crippen LogP contribution in [0.25, 0.3) is 0 Å². The predicted octanol–water partition coefficient (Wildman–Crippen LogP) is 10.8. The molecule has 2 unspecified atom stereocenters. The molecule has 0 aromatic carbocycles. The molecule has 0 aromatic rings. The molecule has 37 heavy (non-hydrogen) atoms. The molecule has 5 rings (SSSR count). The predicted molar refractivity (Wildman–Crippen MR) is 158 cm³/mol. The minimum absolute atomic E-state index is 0.236. The van der Waals surface area contributed by atoms with Gasteiger partial charge in [-0.05, 0) is 0 Å². The summed E-state index contributed by atoms with van der Waals surface area (Å²) in [6.45, 7) is 24.3. The van der Waals surface area contributed by atoms with Crippen LogP contribution in [0.15, 0.2) is 45.0 Å². The zero-order valence-corrected chi connectivity index (χ0v) is 30.0. The van der Waals surface area contributed by atoms with E-state index >= 15 is 0 Å². The summed E-state index contributed by atoms with van der Waals surface area (Å²) in [6.07, 6.45) is 13.1. The first-order chi connectivity index (χ1) is 17.1. The average Bonchev–Trinajstić information content (AvgIpc) is 3.24. The van der Waals surface area contributed by atoms with Crippen LogP contribution in [0.4, 0.5) is 0 Å². The van der Waals surface area contributed by atoms with Gasteiger partial charge < -0.3 is 0 Å². The fourth-order valence-electron chi connectivity index (χ4n) is 6.56. The molecule has 0 spiro atoms. The van der Waals surface area contributed by atoms with E-state index in [4.69, 9.17) is 8.85 Å². The summed E-state index contributed by atoms with van der Waals surface area (Å²) in [6, 6.07) is 0. The van der Waals surface area contributed by atoms with Crippen LogP contribution in [0.1, 0.15) is 106 Å². The van der Waals surface area contributed by atoms with E-state index in [-0.39, 0.29) is 10.1 Å². The second-order valence-corrected chi connectivity index (χ2v) is 28.5. The summed E-state index contributed by atoms with van der Waals surface area (Å²) in [7, 11) is -3.80. The zero-order chi connectivity index (χ0) is 27.0.